The molecule has 0 saturated carbocycles. The molecule has 1 aromatic heterocycles. The monoisotopic (exact) mass is 260 g/mol. The molecule has 0 aromatic carbocycles. The van der Waals surface area contributed by atoms with Crippen molar-refractivity contribution in [2.24, 2.45) is 0 Å². The quantitative estimate of drug-likeness (QED) is 0.765. The highest BCUT2D eigenvalue weighted by Gasteiger charge is 2.24. The predicted octanol–water partition coefficient (Wildman–Crippen LogP) is 2.75. The molecule has 1 aromatic rings. The lowest BCUT2D eigenvalue weighted by atomic mass is 10.3. The summed E-state index contributed by atoms with van der Waals surface area (Å²) in [5, 5.41) is 0. The van der Waals surface area contributed by atoms with Crippen molar-refractivity contribution < 1.29 is 13.2 Å². The molecule has 90 valence electrons. The molecular weight excluding hydrogens is 244 g/mol. The van der Waals surface area contributed by atoms with Crippen molar-refractivity contribution in [2.75, 3.05) is 5.75 Å². The van der Waals surface area contributed by atoms with E-state index in [-0.39, 0.29) is 10.6 Å². The number of carbonyl (C=O) groups is 1. The molecule has 1 rings (SSSR count). The fraction of sp³-hybridized carbons (Fsp3) is 0.545. The molecule has 0 saturated heterocycles. The average molecular weight is 260 g/mol. The number of carbonyl (C=O) groups excluding carboxylic acids is 1. The van der Waals surface area contributed by atoms with Gasteiger partial charge in [-0.25, -0.2) is 8.42 Å². The Morgan fingerprint density at radius 1 is 1.25 bits per heavy atom. The lowest BCUT2D eigenvalue weighted by Gasteiger charge is -2.04. The predicted molar refractivity (Wildman–Crippen MR) is 66.1 cm³/mol. The molecule has 0 amide bonds. The number of aryl methyl sites for hydroxylation is 2. The van der Waals surface area contributed by atoms with Crippen molar-refractivity contribution in [3.05, 3.63) is 15.3 Å². The van der Waals surface area contributed by atoms with Gasteiger partial charge in [-0.2, -0.15) is 0 Å². The van der Waals surface area contributed by atoms with E-state index in [0.29, 0.717) is 18.3 Å². The number of aldehydes is 1. The molecule has 0 aliphatic rings. The molecule has 0 atom stereocenters. The van der Waals surface area contributed by atoms with Crippen LogP contribution in [0.25, 0.3) is 0 Å². The smallest absolute Gasteiger partial charge is 0.180 e. The Kier molecular flexibility index (Phi) is 4.27. The van der Waals surface area contributed by atoms with Gasteiger partial charge in [-0.3, -0.25) is 4.79 Å². The summed E-state index contributed by atoms with van der Waals surface area (Å²) < 4.78 is 24.1. The SMILES string of the molecule is CCCCS(=O)(=O)c1c(C)sc(C)c1C=O. The first-order chi connectivity index (χ1) is 7.44. The molecular formula is C11H16O3S2. The van der Waals surface area contributed by atoms with Gasteiger partial charge in [0, 0.05) is 15.3 Å². The molecule has 0 aliphatic carbocycles. The van der Waals surface area contributed by atoms with E-state index in [0.717, 1.165) is 16.2 Å². The molecule has 3 nitrogen and oxygen atoms in total. The largest absolute Gasteiger partial charge is 0.298 e. The second-order valence-corrected chi connectivity index (χ2v) is 7.22. The molecule has 1 heterocycles. The summed E-state index contributed by atoms with van der Waals surface area (Å²) in [6.07, 6.45) is 2.12. The van der Waals surface area contributed by atoms with Gasteiger partial charge in [-0.15, -0.1) is 11.3 Å². The van der Waals surface area contributed by atoms with Crippen LogP contribution in [0.1, 0.15) is 39.9 Å². The summed E-state index contributed by atoms with van der Waals surface area (Å²) in [5.74, 6) is 0.126. The molecule has 0 aliphatic heterocycles. The Morgan fingerprint density at radius 2 is 1.88 bits per heavy atom. The first-order valence-corrected chi connectivity index (χ1v) is 7.68. The van der Waals surface area contributed by atoms with Crippen molar-refractivity contribution in [3.63, 3.8) is 0 Å². The van der Waals surface area contributed by atoms with Gasteiger partial charge in [0.05, 0.1) is 10.6 Å². The van der Waals surface area contributed by atoms with Crippen LogP contribution in [0.15, 0.2) is 4.90 Å². The first kappa shape index (κ1) is 13.4. The van der Waals surface area contributed by atoms with E-state index >= 15 is 0 Å². The van der Waals surface area contributed by atoms with E-state index in [4.69, 9.17) is 0 Å². The van der Waals surface area contributed by atoms with Crippen molar-refractivity contribution in [1.29, 1.82) is 0 Å². The molecule has 0 spiro atoms. The van der Waals surface area contributed by atoms with E-state index in [2.05, 4.69) is 0 Å². The maximum Gasteiger partial charge on any atom is 0.180 e. The van der Waals surface area contributed by atoms with Crippen LogP contribution in [0, 0.1) is 13.8 Å². The maximum atomic E-state index is 12.1. The normalized spacial score (nSPS) is 11.7. The Bertz CT molecular complexity index is 484. The summed E-state index contributed by atoms with van der Waals surface area (Å²) >= 11 is 1.37. The highest BCUT2D eigenvalue weighted by atomic mass is 32.2. The van der Waals surface area contributed by atoms with E-state index in [1.807, 2.05) is 6.92 Å². The van der Waals surface area contributed by atoms with E-state index in [1.54, 1.807) is 13.8 Å². The van der Waals surface area contributed by atoms with Crippen molar-refractivity contribution in [1.82, 2.24) is 0 Å². The minimum Gasteiger partial charge on any atom is -0.298 e. The Balaban J connectivity index is 3.26. The third-order valence-electron chi connectivity index (χ3n) is 2.45. The zero-order valence-corrected chi connectivity index (χ0v) is 11.4. The first-order valence-electron chi connectivity index (χ1n) is 5.22. The number of hydrogen-bond donors (Lipinski definition) is 0. The fourth-order valence-corrected chi connectivity index (χ4v) is 4.98. The van der Waals surface area contributed by atoms with Crippen LogP contribution in [-0.4, -0.2) is 20.5 Å². The van der Waals surface area contributed by atoms with E-state index < -0.39 is 9.84 Å². The lowest BCUT2D eigenvalue weighted by molar-refractivity contribution is 0.112. The Hall–Kier alpha value is -0.680. The van der Waals surface area contributed by atoms with Gasteiger partial charge in [-0.05, 0) is 20.3 Å². The minimum atomic E-state index is -3.30. The topological polar surface area (TPSA) is 51.2 Å². The molecule has 0 unspecified atom stereocenters. The van der Waals surface area contributed by atoms with Gasteiger partial charge >= 0.3 is 0 Å². The summed E-state index contributed by atoms with van der Waals surface area (Å²) in [6.45, 7) is 5.48. The third-order valence-corrected chi connectivity index (χ3v) is 5.59. The van der Waals surface area contributed by atoms with Crippen LogP contribution in [-0.2, 0) is 9.84 Å². The van der Waals surface area contributed by atoms with Crippen molar-refractivity contribution in [3.8, 4) is 0 Å². The van der Waals surface area contributed by atoms with Gasteiger partial charge in [0.25, 0.3) is 0 Å². The molecule has 16 heavy (non-hydrogen) atoms. The fourth-order valence-electron chi connectivity index (χ4n) is 1.64. The third kappa shape index (κ3) is 2.52. The zero-order valence-electron chi connectivity index (χ0n) is 9.74. The number of thiophene rings is 1. The second-order valence-electron chi connectivity index (χ2n) is 3.75. The molecule has 0 radical (unpaired) electrons. The van der Waals surface area contributed by atoms with Crippen LogP contribution in [0.4, 0.5) is 0 Å². The van der Waals surface area contributed by atoms with Gasteiger partial charge < -0.3 is 0 Å². The van der Waals surface area contributed by atoms with E-state index in [9.17, 15) is 13.2 Å². The minimum absolute atomic E-state index is 0.126. The number of unbranched alkanes of at least 4 members (excludes halogenated alkanes) is 1. The zero-order chi connectivity index (χ0) is 12.3. The molecule has 0 fully saturated rings. The van der Waals surface area contributed by atoms with Crippen LogP contribution >= 0.6 is 11.3 Å². The van der Waals surface area contributed by atoms with Gasteiger partial charge in [0.1, 0.15) is 0 Å². The van der Waals surface area contributed by atoms with Crippen molar-refractivity contribution in [2.45, 2.75) is 38.5 Å². The van der Waals surface area contributed by atoms with Crippen LogP contribution in [0.3, 0.4) is 0 Å². The van der Waals surface area contributed by atoms with E-state index in [1.165, 1.54) is 11.3 Å². The highest BCUT2D eigenvalue weighted by molar-refractivity contribution is 7.91. The lowest BCUT2D eigenvalue weighted by Crippen LogP contribution is -2.09. The Morgan fingerprint density at radius 3 is 2.38 bits per heavy atom. The number of rotatable bonds is 5. The summed E-state index contributed by atoms with van der Waals surface area (Å²) in [5.41, 5.74) is 0.346. The summed E-state index contributed by atoms with van der Waals surface area (Å²) in [7, 11) is -3.30. The van der Waals surface area contributed by atoms with Gasteiger partial charge in [0.2, 0.25) is 0 Å². The molecule has 0 N–H and O–H groups in total. The average Bonchev–Trinajstić information content (AvgIpc) is 2.50. The number of hydrogen-bond acceptors (Lipinski definition) is 4. The Labute approximate surface area is 100 Å². The van der Waals surface area contributed by atoms with Crippen molar-refractivity contribution >= 4 is 27.5 Å². The highest BCUT2D eigenvalue weighted by Crippen LogP contribution is 2.31. The van der Waals surface area contributed by atoms with Gasteiger partial charge in [-0.1, -0.05) is 13.3 Å². The second kappa shape index (κ2) is 5.10. The van der Waals surface area contributed by atoms with Crippen LogP contribution in [0.2, 0.25) is 0 Å². The van der Waals surface area contributed by atoms with Crippen LogP contribution < -0.4 is 0 Å². The number of sulfone groups is 1. The summed E-state index contributed by atoms with van der Waals surface area (Å²) in [6, 6.07) is 0. The summed E-state index contributed by atoms with van der Waals surface area (Å²) in [4.78, 5) is 12.7. The van der Waals surface area contributed by atoms with Crippen LogP contribution in [0.5, 0.6) is 0 Å². The molecule has 0 bridgehead atoms. The van der Waals surface area contributed by atoms with Gasteiger partial charge in [0.15, 0.2) is 16.1 Å². The standard InChI is InChI=1S/C11H16O3S2/c1-4-5-6-16(13,14)11-9(3)15-8(2)10(11)7-12/h7H,4-6H2,1-3H3. The maximum absolute atomic E-state index is 12.1. The molecule has 5 heteroatoms.